The van der Waals surface area contributed by atoms with Crippen LogP contribution < -0.4 is 10.6 Å². The minimum atomic E-state index is -0.587. The second-order valence-corrected chi connectivity index (χ2v) is 6.37. The van der Waals surface area contributed by atoms with E-state index in [0.29, 0.717) is 17.9 Å². The SMILES string of the molecule is CC(C)(C)OC(=O)Nc1ccc(F)c(NCc2cscn2)c1. The number of thiazole rings is 1. The summed E-state index contributed by atoms with van der Waals surface area (Å²) in [5.74, 6) is -0.398. The number of aromatic nitrogens is 1. The van der Waals surface area contributed by atoms with Crippen molar-refractivity contribution in [2.75, 3.05) is 10.6 Å². The van der Waals surface area contributed by atoms with Crippen LogP contribution in [0, 0.1) is 5.82 Å². The fourth-order valence-corrected chi connectivity index (χ4v) is 2.23. The molecule has 0 spiro atoms. The molecule has 0 atom stereocenters. The van der Waals surface area contributed by atoms with Gasteiger partial charge in [-0.2, -0.15) is 0 Å². The summed E-state index contributed by atoms with van der Waals surface area (Å²) in [7, 11) is 0. The van der Waals surface area contributed by atoms with E-state index in [0.717, 1.165) is 5.69 Å². The number of halogens is 1. The van der Waals surface area contributed by atoms with Gasteiger partial charge in [0.2, 0.25) is 0 Å². The van der Waals surface area contributed by atoms with Crippen molar-refractivity contribution in [1.82, 2.24) is 4.98 Å². The van der Waals surface area contributed by atoms with E-state index in [-0.39, 0.29) is 0 Å². The third kappa shape index (κ3) is 5.00. The van der Waals surface area contributed by atoms with Crippen molar-refractivity contribution >= 4 is 28.8 Å². The number of anilines is 2. The van der Waals surface area contributed by atoms with Crippen molar-refractivity contribution in [1.29, 1.82) is 0 Å². The van der Waals surface area contributed by atoms with Crippen LogP contribution in [-0.2, 0) is 11.3 Å². The van der Waals surface area contributed by atoms with E-state index in [9.17, 15) is 9.18 Å². The van der Waals surface area contributed by atoms with E-state index in [2.05, 4.69) is 15.6 Å². The van der Waals surface area contributed by atoms with E-state index < -0.39 is 17.5 Å². The first-order valence-corrected chi connectivity index (χ1v) is 7.68. The molecule has 0 aliphatic rings. The standard InChI is InChI=1S/C15H18FN3O2S/c1-15(2,3)21-14(20)19-10-4-5-12(16)13(6-10)17-7-11-8-22-9-18-11/h4-6,8-9,17H,7H2,1-3H3,(H,19,20). The minimum absolute atomic E-state index is 0.293. The van der Waals surface area contributed by atoms with Gasteiger partial charge < -0.3 is 10.1 Å². The first kappa shape index (κ1) is 16.2. The van der Waals surface area contributed by atoms with E-state index in [1.165, 1.54) is 29.5 Å². The molecule has 0 bridgehead atoms. The van der Waals surface area contributed by atoms with E-state index in [4.69, 9.17) is 4.74 Å². The second-order valence-electron chi connectivity index (χ2n) is 5.65. The molecule has 1 heterocycles. The van der Waals surface area contributed by atoms with Gasteiger partial charge in [0, 0.05) is 11.1 Å². The Morgan fingerprint density at radius 1 is 1.41 bits per heavy atom. The summed E-state index contributed by atoms with van der Waals surface area (Å²) in [6, 6.07) is 4.29. The number of hydrogen-bond acceptors (Lipinski definition) is 5. The molecule has 0 saturated heterocycles. The number of carbonyl (C=O) groups is 1. The molecule has 7 heteroatoms. The summed E-state index contributed by atoms with van der Waals surface area (Å²) in [6.07, 6.45) is -0.579. The van der Waals surface area contributed by atoms with E-state index in [1.807, 2.05) is 5.38 Å². The van der Waals surface area contributed by atoms with Crippen LogP contribution in [0.2, 0.25) is 0 Å². The Hall–Kier alpha value is -2.15. The molecule has 1 aromatic heterocycles. The van der Waals surface area contributed by atoms with Crippen LogP contribution in [0.3, 0.4) is 0 Å². The molecule has 1 aromatic carbocycles. The lowest BCUT2D eigenvalue weighted by Gasteiger charge is -2.20. The number of ether oxygens (including phenoxy) is 1. The number of hydrogen-bond donors (Lipinski definition) is 2. The molecule has 2 N–H and O–H groups in total. The Balaban J connectivity index is 2.01. The molecule has 0 radical (unpaired) electrons. The van der Waals surface area contributed by atoms with Gasteiger partial charge in [0.1, 0.15) is 11.4 Å². The average Bonchev–Trinajstić information content (AvgIpc) is 2.90. The third-order valence-corrected chi connectivity index (χ3v) is 3.19. The van der Waals surface area contributed by atoms with E-state index in [1.54, 1.807) is 26.3 Å². The number of rotatable bonds is 4. The van der Waals surface area contributed by atoms with Crippen molar-refractivity contribution in [2.24, 2.45) is 0 Å². The van der Waals surface area contributed by atoms with Gasteiger partial charge in [-0.1, -0.05) is 0 Å². The van der Waals surface area contributed by atoms with Gasteiger partial charge in [-0.15, -0.1) is 11.3 Å². The Kier molecular flexibility index (Phi) is 4.97. The molecular weight excluding hydrogens is 305 g/mol. The first-order chi connectivity index (χ1) is 10.3. The van der Waals surface area contributed by atoms with Crippen LogP contribution in [-0.4, -0.2) is 16.7 Å². The van der Waals surface area contributed by atoms with Gasteiger partial charge in [-0.3, -0.25) is 5.32 Å². The largest absolute Gasteiger partial charge is 0.444 e. The van der Waals surface area contributed by atoms with Crippen molar-refractivity contribution < 1.29 is 13.9 Å². The summed E-state index contributed by atoms with van der Waals surface area (Å²) in [5.41, 5.74) is 2.71. The molecule has 0 aliphatic carbocycles. The Labute approximate surface area is 132 Å². The van der Waals surface area contributed by atoms with Crippen molar-refractivity contribution in [3.63, 3.8) is 0 Å². The fourth-order valence-electron chi connectivity index (χ4n) is 1.67. The van der Waals surface area contributed by atoms with Crippen LogP contribution in [0.15, 0.2) is 29.1 Å². The normalized spacial score (nSPS) is 11.1. The van der Waals surface area contributed by atoms with Crippen molar-refractivity contribution in [3.05, 3.63) is 40.6 Å². The van der Waals surface area contributed by atoms with Crippen LogP contribution in [0.25, 0.3) is 0 Å². The number of carbonyl (C=O) groups excluding carboxylic acids is 1. The van der Waals surface area contributed by atoms with Gasteiger partial charge in [0.25, 0.3) is 0 Å². The number of nitrogens with one attached hydrogen (secondary N) is 2. The Morgan fingerprint density at radius 2 is 2.18 bits per heavy atom. The smallest absolute Gasteiger partial charge is 0.412 e. The third-order valence-electron chi connectivity index (χ3n) is 2.56. The highest BCUT2D eigenvalue weighted by Gasteiger charge is 2.16. The van der Waals surface area contributed by atoms with Gasteiger partial charge in [-0.25, -0.2) is 14.2 Å². The molecule has 0 fully saturated rings. The summed E-state index contributed by atoms with van der Waals surface area (Å²) < 4.78 is 18.9. The number of benzene rings is 1. The molecular formula is C15H18FN3O2S. The maximum absolute atomic E-state index is 13.8. The Bertz CT molecular complexity index is 639. The zero-order chi connectivity index (χ0) is 16.2. The van der Waals surface area contributed by atoms with Crippen LogP contribution in [0.4, 0.5) is 20.6 Å². The molecule has 0 saturated carbocycles. The van der Waals surface area contributed by atoms with Crippen LogP contribution in [0.5, 0.6) is 0 Å². The lowest BCUT2D eigenvalue weighted by atomic mass is 10.2. The molecule has 1 amide bonds. The zero-order valence-corrected chi connectivity index (χ0v) is 13.5. The monoisotopic (exact) mass is 323 g/mol. The topological polar surface area (TPSA) is 63.2 Å². The highest BCUT2D eigenvalue weighted by molar-refractivity contribution is 7.07. The Morgan fingerprint density at radius 3 is 2.82 bits per heavy atom. The molecule has 0 unspecified atom stereocenters. The van der Waals surface area contributed by atoms with E-state index >= 15 is 0 Å². The summed E-state index contributed by atoms with van der Waals surface area (Å²) in [6.45, 7) is 5.74. The van der Waals surface area contributed by atoms with Gasteiger partial charge in [0.15, 0.2) is 0 Å². The second kappa shape index (κ2) is 6.74. The fraction of sp³-hybridized carbons (Fsp3) is 0.333. The highest BCUT2D eigenvalue weighted by atomic mass is 32.1. The molecule has 2 rings (SSSR count). The maximum Gasteiger partial charge on any atom is 0.412 e. The van der Waals surface area contributed by atoms with Gasteiger partial charge >= 0.3 is 6.09 Å². The summed E-state index contributed by atoms with van der Waals surface area (Å²) >= 11 is 1.48. The maximum atomic E-state index is 13.8. The van der Waals surface area contributed by atoms with Gasteiger partial charge in [-0.05, 0) is 39.0 Å². The van der Waals surface area contributed by atoms with Crippen molar-refractivity contribution in [2.45, 2.75) is 32.9 Å². The molecule has 2 aromatic rings. The summed E-state index contributed by atoms with van der Waals surface area (Å²) in [5, 5.41) is 7.41. The summed E-state index contributed by atoms with van der Waals surface area (Å²) in [4.78, 5) is 15.8. The predicted octanol–water partition coefficient (Wildman–Crippen LogP) is 4.24. The highest BCUT2D eigenvalue weighted by Crippen LogP contribution is 2.21. The molecule has 0 aliphatic heterocycles. The predicted molar refractivity (Wildman–Crippen MR) is 85.7 cm³/mol. The first-order valence-electron chi connectivity index (χ1n) is 6.74. The zero-order valence-electron chi connectivity index (χ0n) is 12.6. The van der Waals surface area contributed by atoms with Crippen LogP contribution in [0.1, 0.15) is 26.5 Å². The quantitative estimate of drug-likeness (QED) is 0.883. The lowest BCUT2D eigenvalue weighted by molar-refractivity contribution is 0.0636. The number of nitrogens with zero attached hydrogens (tertiary/aromatic N) is 1. The molecule has 5 nitrogen and oxygen atoms in total. The number of amides is 1. The average molecular weight is 323 g/mol. The van der Waals surface area contributed by atoms with Crippen molar-refractivity contribution in [3.8, 4) is 0 Å². The minimum Gasteiger partial charge on any atom is -0.444 e. The van der Waals surface area contributed by atoms with Gasteiger partial charge in [0.05, 0.1) is 23.4 Å². The lowest BCUT2D eigenvalue weighted by Crippen LogP contribution is -2.27. The van der Waals surface area contributed by atoms with Crippen LogP contribution >= 0.6 is 11.3 Å². The molecule has 22 heavy (non-hydrogen) atoms. The molecule has 118 valence electrons.